The number of aliphatic hydroxyl groups excluding tert-OH is 1. The quantitative estimate of drug-likeness (QED) is 0.916. The number of ether oxygens (including phenoxy) is 1. The van der Waals surface area contributed by atoms with Gasteiger partial charge < -0.3 is 9.84 Å². The highest BCUT2D eigenvalue weighted by Crippen LogP contribution is 2.29. The molecule has 0 aliphatic heterocycles. The lowest BCUT2D eigenvalue weighted by molar-refractivity contribution is 0.256. The number of aryl methyl sites for hydroxylation is 1. The first kappa shape index (κ1) is 14.1. The van der Waals surface area contributed by atoms with Crippen molar-refractivity contribution in [1.82, 2.24) is 9.78 Å². The van der Waals surface area contributed by atoms with Crippen molar-refractivity contribution < 1.29 is 9.84 Å². The Morgan fingerprint density at radius 1 is 1.29 bits per heavy atom. The van der Waals surface area contributed by atoms with Gasteiger partial charge in [0.25, 0.3) is 0 Å². The summed E-state index contributed by atoms with van der Waals surface area (Å²) in [6.45, 7) is 2.44. The van der Waals surface area contributed by atoms with E-state index in [-0.39, 0.29) is 6.61 Å². The molecule has 1 fully saturated rings. The van der Waals surface area contributed by atoms with Crippen molar-refractivity contribution in [2.45, 2.75) is 51.9 Å². The SMILES string of the molecule is Cc1ccc(OCc2ccn(C3CCCC3)n2)c(CO)c1. The first-order chi connectivity index (χ1) is 10.3. The highest BCUT2D eigenvalue weighted by molar-refractivity contribution is 5.36. The van der Waals surface area contributed by atoms with Gasteiger partial charge in [-0.25, -0.2) is 0 Å². The van der Waals surface area contributed by atoms with E-state index in [0.29, 0.717) is 12.6 Å². The highest BCUT2D eigenvalue weighted by Gasteiger charge is 2.17. The number of hydrogen-bond acceptors (Lipinski definition) is 3. The summed E-state index contributed by atoms with van der Waals surface area (Å²) in [5, 5.41) is 14.0. The van der Waals surface area contributed by atoms with Gasteiger partial charge in [0.15, 0.2) is 0 Å². The van der Waals surface area contributed by atoms with Crippen molar-refractivity contribution >= 4 is 0 Å². The molecule has 2 aromatic rings. The molecule has 0 radical (unpaired) electrons. The number of rotatable bonds is 5. The molecule has 4 nitrogen and oxygen atoms in total. The molecule has 1 N–H and O–H groups in total. The normalized spacial score (nSPS) is 15.5. The molecule has 0 atom stereocenters. The number of aliphatic hydroxyl groups is 1. The molecule has 1 aromatic heterocycles. The standard InChI is InChI=1S/C17H22N2O2/c1-13-6-7-17(14(10-13)11-20)21-12-15-8-9-19(18-15)16-4-2-3-5-16/h6-10,16,20H,2-5,11-12H2,1H3. The summed E-state index contributed by atoms with van der Waals surface area (Å²) in [6.07, 6.45) is 7.12. The van der Waals surface area contributed by atoms with Crippen molar-refractivity contribution in [2.75, 3.05) is 0 Å². The van der Waals surface area contributed by atoms with E-state index in [1.54, 1.807) is 0 Å². The predicted molar refractivity (Wildman–Crippen MR) is 81.2 cm³/mol. The molecule has 21 heavy (non-hydrogen) atoms. The Balaban J connectivity index is 1.65. The molecule has 112 valence electrons. The second-order valence-corrected chi connectivity index (χ2v) is 5.78. The fourth-order valence-corrected chi connectivity index (χ4v) is 2.95. The molecule has 0 spiro atoms. The zero-order valence-corrected chi connectivity index (χ0v) is 12.5. The predicted octanol–water partition coefficient (Wildman–Crippen LogP) is 3.38. The Kier molecular flexibility index (Phi) is 4.25. The van der Waals surface area contributed by atoms with Crippen LogP contribution >= 0.6 is 0 Å². The minimum atomic E-state index is -0.00642. The summed E-state index contributed by atoms with van der Waals surface area (Å²) in [5.74, 6) is 0.735. The Morgan fingerprint density at radius 2 is 2.10 bits per heavy atom. The van der Waals surface area contributed by atoms with Crippen LogP contribution in [0.2, 0.25) is 0 Å². The lowest BCUT2D eigenvalue weighted by atomic mass is 10.1. The van der Waals surface area contributed by atoms with Gasteiger partial charge >= 0.3 is 0 Å². The zero-order valence-electron chi connectivity index (χ0n) is 12.5. The molecule has 1 heterocycles. The van der Waals surface area contributed by atoms with E-state index < -0.39 is 0 Å². The molecular weight excluding hydrogens is 264 g/mol. The maximum absolute atomic E-state index is 9.39. The lowest BCUT2D eigenvalue weighted by Crippen LogP contribution is -2.06. The fraction of sp³-hybridized carbons (Fsp3) is 0.471. The molecule has 4 heteroatoms. The monoisotopic (exact) mass is 286 g/mol. The van der Waals surface area contributed by atoms with Crippen LogP contribution < -0.4 is 4.74 Å². The largest absolute Gasteiger partial charge is 0.487 e. The van der Waals surface area contributed by atoms with Gasteiger partial charge in [0.05, 0.1) is 18.3 Å². The third kappa shape index (κ3) is 3.27. The Labute approximate surface area is 125 Å². The van der Waals surface area contributed by atoms with E-state index in [1.807, 2.05) is 31.2 Å². The second kappa shape index (κ2) is 6.31. The van der Waals surface area contributed by atoms with Crippen LogP contribution in [0.1, 0.15) is 48.5 Å². The summed E-state index contributed by atoms with van der Waals surface area (Å²) < 4.78 is 7.89. The van der Waals surface area contributed by atoms with Crippen LogP contribution in [0.4, 0.5) is 0 Å². The highest BCUT2D eigenvalue weighted by atomic mass is 16.5. The molecule has 0 bridgehead atoms. The van der Waals surface area contributed by atoms with Gasteiger partial charge in [-0.3, -0.25) is 4.68 Å². The molecule has 1 aromatic carbocycles. The van der Waals surface area contributed by atoms with Gasteiger partial charge in [-0.2, -0.15) is 5.10 Å². The Bertz CT molecular complexity index is 601. The van der Waals surface area contributed by atoms with E-state index >= 15 is 0 Å². The van der Waals surface area contributed by atoms with Crippen molar-refractivity contribution in [3.8, 4) is 5.75 Å². The molecule has 0 amide bonds. The average Bonchev–Trinajstić information content (AvgIpc) is 3.16. The molecule has 1 aliphatic carbocycles. The molecule has 1 aliphatic rings. The van der Waals surface area contributed by atoms with E-state index in [4.69, 9.17) is 4.74 Å². The van der Waals surface area contributed by atoms with Gasteiger partial charge in [0.1, 0.15) is 12.4 Å². The topological polar surface area (TPSA) is 47.3 Å². The van der Waals surface area contributed by atoms with Gasteiger partial charge in [0.2, 0.25) is 0 Å². The number of nitrogens with zero attached hydrogens (tertiary/aromatic N) is 2. The zero-order chi connectivity index (χ0) is 14.7. The van der Waals surface area contributed by atoms with E-state index in [9.17, 15) is 5.11 Å². The van der Waals surface area contributed by atoms with Crippen LogP contribution in [0, 0.1) is 6.92 Å². The summed E-state index contributed by atoms with van der Waals surface area (Å²) in [5.41, 5.74) is 2.88. The number of aromatic nitrogens is 2. The minimum Gasteiger partial charge on any atom is -0.487 e. The Hall–Kier alpha value is -1.81. The average molecular weight is 286 g/mol. The van der Waals surface area contributed by atoms with Crippen molar-refractivity contribution in [1.29, 1.82) is 0 Å². The van der Waals surface area contributed by atoms with E-state index in [1.165, 1.54) is 25.7 Å². The van der Waals surface area contributed by atoms with Crippen molar-refractivity contribution in [2.24, 2.45) is 0 Å². The van der Waals surface area contributed by atoms with Crippen LogP contribution in [0.3, 0.4) is 0 Å². The van der Waals surface area contributed by atoms with Crippen LogP contribution in [0.15, 0.2) is 30.5 Å². The molecular formula is C17H22N2O2. The molecule has 3 rings (SSSR count). The molecule has 0 unspecified atom stereocenters. The van der Waals surface area contributed by atoms with Gasteiger partial charge in [-0.1, -0.05) is 30.5 Å². The third-order valence-electron chi connectivity index (χ3n) is 4.12. The first-order valence-corrected chi connectivity index (χ1v) is 7.63. The van der Waals surface area contributed by atoms with Crippen molar-refractivity contribution in [3.63, 3.8) is 0 Å². The van der Waals surface area contributed by atoms with Crippen LogP contribution in [-0.2, 0) is 13.2 Å². The maximum atomic E-state index is 9.39. The smallest absolute Gasteiger partial charge is 0.132 e. The summed E-state index contributed by atoms with van der Waals surface area (Å²) in [6, 6.07) is 8.43. The third-order valence-corrected chi connectivity index (χ3v) is 4.12. The van der Waals surface area contributed by atoms with Gasteiger partial charge in [0, 0.05) is 11.8 Å². The first-order valence-electron chi connectivity index (χ1n) is 7.63. The summed E-state index contributed by atoms with van der Waals surface area (Å²) >= 11 is 0. The van der Waals surface area contributed by atoms with Gasteiger partial charge in [-0.15, -0.1) is 0 Å². The summed E-state index contributed by atoms with van der Waals surface area (Å²) in [4.78, 5) is 0. The van der Waals surface area contributed by atoms with Gasteiger partial charge in [-0.05, 0) is 31.9 Å². The summed E-state index contributed by atoms with van der Waals surface area (Å²) in [7, 11) is 0. The van der Waals surface area contributed by atoms with E-state index in [0.717, 1.165) is 22.6 Å². The second-order valence-electron chi connectivity index (χ2n) is 5.78. The Morgan fingerprint density at radius 3 is 2.86 bits per heavy atom. The molecule has 1 saturated carbocycles. The van der Waals surface area contributed by atoms with Crippen LogP contribution in [0.25, 0.3) is 0 Å². The fourth-order valence-electron chi connectivity index (χ4n) is 2.95. The maximum Gasteiger partial charge on any atom is 0.132 e. The van der Waals surface area contributed by atoms with Crippen LogP contribution in [-0.4, -0.2) is 14.9 Å². The minimum absolute atomic E-state index is 0.00642. The van der Waals surface area contributed by atoms with Crippen molar-refractivity contribution in [3.05, 3.63) is 47.3 Å². The van der Waals surface area contributed by atoms with E-state index in [2.05, 4.69) is 16.0 Å². The number of hydrogen-bond donors (Lipinski definition) is 1. The van der Waals surface area contributed by atoms with Crippen LogP contribution in [0.5, 0.6) is 5.75 Å². The number of benzene rings is 1. The lowest BCUT2D eigenvalue weighted by Gasteiger charge is -2.11. The molecule has 0 saturated heterocycles.